The molecule has 3 aliphatic carbocycles. The first-order chi connectivity index (χ1) is 16.3. The van der Waals surface area contributed by atoms with Gasteiger partial charge in [-0.1, -0.05) is 85.1 Å². The molecule has 1 N–H and O–H groups in total. The summed E-state index contributed by atoms with van der Waals surface area (Å²) in [5.74, 6) is 4.05. The molecule has 0 unspecified atom stereocenters. The van der Waals surface area contributed by atoms with Crippen molar-refractivity contribution in [2.75, 3.05) is 0 Å². The summed E-state index contributed by atoms with van der Waals surface area (Å²) in [6.07, 6.45) is 15.6. The molecule has 6 atom stereocenters. The van der Waals surface area contributed by atoms with Crippen LogP contribution >= 0.6 is 0 Å². The van der Waals surface area contributed by atoms with Gasteiger partial charge in [0.05, 0.1) is 5.56 Å². The van der Waals surface area contributed by atoms with Crippen LogP contribution < -0.4 is 0 Å². The average Bonchev–Trinajstić information content (AvgIpc) is 3.16. The van der Waals surface area contributed by atoms with Crippen LogP contribution in [0.25, 0.3) is 0 Å². The zero-order chi connectivity index (χ0) is 24.3. The van der Waals surface area contributed by atoms with Crippen LogP contribution in [0.1, 0.15) is 115 Å². The Morgan fingerprint density at radius 1 is 1.06 bits per heavy atom. The van der Waals surface area contributed by atoms with E-state index in [4.69, 9.17) is 4.74 Å². The average molecular weight is 469 g/mol. The maximum atomic E-state index is 13.1. The van der Waals surface area contributed by atoms with Crippen LogP contribution in [0.15, 0.2) is 24.3 Å². The van der Waals surface area contributed by atoms with E-state index in [-0.39, 0.29) is 23.2 Å². The first kappa shape index (κ1) is 25.6. The fourth-order valence-electron chi connectivity index (χ4n) is 8.23. The highest BCUT2D eigenvalue weighted by atomic mass is 16.5. The van der Waals surface area contributed by atoms with E-state index in [1.165, 1.54) is 76.7 Å². The summed E-state index contributed by atoms with van der Waals surface area (Å²) in [6, 6.07) is 6.64. The van der Waals surface area contributed by atoms with Crippen molar-refractivity contribution < 1.29 is 14.6 Å². The molecule has 3 saturated carbocycles. The van der Waals surface area contributed by atoms with Crippen molar-refractivity contribution >= 4 is 5.97 Å². The van der Waals surface area contributed by atoms with Crippen molar-refractivity contribution in [2.45, 2.75) is 111 Å². The van der Waals surface area contributed by atoms with E-state index in [0.717, 1.165) is 30.1 Å². The fraction of sp³-hybridized carbons (Fsp3) is 0.774. The molecule has 0 bridgehead atoms. The molecule has 0 radical (unpaired) electrons. The fourth-order valence-corrected chi connectivity index (χ4v) is 8.23. The molecule has 0 heterocycles. The predicted octanol–water partition coefficient (Wildman–Crippen LogP) is 8.40. The minimum Gasteiger partial charge on any atom is -0.508 e. The van der Waals surface area contributed by atoms with Gasteiger partial charge in [0, 0.05) is 5.92 Å². The largest absolute Gasteiger partial charge is 0.508 e. The number of benzene rings is 1. The third-order valence-electron chi connectivity index (χ3n) is 9.95. The van der Waals surface area contributed by atoms with Crippen LogP contribution in [0.5, 0.6) is 5.75 Å². The van der Waals surface area contributed by atoms with Crippen molar-refractivity contribution in [3.8, 4) is 5.75 Å². The Labute approximate surface area is 208 Å². The summed E-state index contributed by atoms with van der Waals surface area (Å²) in [6.45, 7) is 9.72. The number of rotatable bonds is 8. The van der Waals surface area contributed by atoms with E-state index in [0.29, 0.717) is 17.4 Å². The smallest absolute Gasteiger partial charge is 0.338 e. The van der Waals surface area contributed by atoms with Gasteiger partial charge >= 0.3 is 5.97 Å². The maximum absolute atomic E-state index is 13.1. The number of phenols is 1. The molecule has 3 nitrogen and oxygen atoms in total. The van der Waals surface area contributed by atoms with E-state index in [1.807, 2.05) is 0 Å². The second-order valence-electron chi connectivity index (χ2n) is 12.7. The van der Waals surface area contributed by atoms with E-state index in [9.17, 15) is 9.90 Å². The summed E-state index contributed by atoms with van der Waals surface area (Å²) >= 11 is 0. The Kier molecular flexibility index (Phi) is 8.31. The Balaban J connectivity index is 1.53. The Morgan fingerprint density at radius 3 is 2.53 bits per heavy atom. The Morgan fingerprint density at radius 2 is 1.82 bits per heavy atom. The van der Waals surface area contributed by atoms with Gasteiger partial charge in [-0.2, -0.15) is 0 Å². The maximum Gasteiger partial charge on any atom is 0.338 e. The highest BCUT2D eigenvalue weighted by Gasteiger charge is 2.56. The monoisotopic (exact) mass is 468 g/mol. The van der Waals surface area contributed by atoms with Crippen molar-refractivity contribution in [1.29, 1.82) is 0 Å². The van der Waals surface area contributed by atoms with Gasteiger partial charge in [0.15, 0.2) is 0 Å². The van der Waals surface area contributed by atoms with E-state index in [2.05, 4.69) is 27.7 Å². The summed E-state index contributed by atoms with van der Waals surface area (Å²) < 4.78 is 6.32. The number of ether oxygens (including phenoxy) is 1. The number of phenolic OH excluding ortho intramolecular Hbond substituents is 1. The molecular formula is C31H48O3. The lowest BCUT2D eigenvalue weighted by Crippen LogP contribution is -2.48. The van der Waals surface area contributed by atoms with Crippen molar-refractivity contribution in [3.05, 3.63) is 29.8 Å². The molecule has 1 aromatic rings. The second kappa shape index (κ2) is 11.0. The number of aromatic hydroxyl groups is 1. The van der Waals surface area contributed by atoms with Crippen LogP contribution in [-0.4, -0.2) is 17.2 Å². The molecule has 0 aromatic heterocycles. The zero-order valence-corrected chi connectivity index (χ0v) is 22.1. The number of fused-ring (bicyclic) bond motifs is 1. The Hall–Kier alpha value is -1.51. The molecule has 0 saturated heterocycles. The van der Waals surface area contributed by atoms with Crippen LogP contribution in [0.4, 0.5) is 0 Å². The molecule has 34 heavy (non-hydrogen) atoms. The molecule has 3 aliphatic rings. The van der Waals surface area contributed by atoms with E-state index >= 15 is 0 Å². The number of hydrogen-bond acceptors (Lipinski definition) is 3. The molecule has 3 fully saturated rings. The molecular weight excluding hydrogens is 420 g/mol. The molecule has 4 rings (SSSR count). The van der Waals surface area contributed by atoms with Crippen LogP contribution in [-0.2, 0) is 4.74 Å². The van der Waals surface area contributed by atoms with Gasteiger partial charge in [-0.05, 0) is 78.9 Å². The number of hydrogen-bond donors (Lipinski definition) is 1. The summed E-state index contributed by atoms with van der Waals surface area (Å²) in [7, 11) is 0. The minimum atomic E-state index is -0.263. The topological polar surface area (TPSA) is 46.5 Å². The minimum absolute atomic E-state index is 0.00777. The number of carbonyl (C=O) groups excluding carboxylic acids is 1. The third kappa shape index (κ3) is 5.65. The van der Waals surface area contributed by atoms with Crippen LogP contribution in [0.3, 0.4) is 0 Å². The first-order valence-electron chi connectivity index (χ1n) is 14.3. The van der Waals surface area contributed by atoms with E-state index in [1.54, 1.807) is 18.2 Å². The summed E-state index contributed by atoms with van der Waals surface area (Å²) in [5.41, 5.74) is 0.736. The van der Waals surface area contributed by atoms with Crippen LogP contribution in [0, 0.1) is 40.9 Å². The highest BCUT2D eigenvalue weighted by molar-refractivity contribution is 5.90. The number of esters is 1. The quantitative estimate of drug-likeness (QED) is 0.390. The summed E-state index contributed by atoms with van der Waals surface area (Å²) in [5, 5.41) is 9.86. The van der Waals surface area contributed by atoms with Crippen molar-refractivity contribution in [1.82, 2.24) is 0 Å². The van der Waals surface area contributed by atoms with Gasteiger partial charge in [0.25, 0.3) is 0 Å². The van der Waals surface area contributed by atoms with E-state index < -0.39 is 0 Å². The summed E-state index contributed by atoms with van der Waals surface area (Å²) in [4.78, 5) is 13.1. The van der Waals surface area contributed by atoms with Gasteiger partial charge in [0.2, 0.25) is 0 Å². The first-order valence-corrected chi connectivity index (χ1v) is 14.3. The SMILES string of the molecule is CC(C)CCC[C@@H](C)[C@H]1CC[C@H]2[C@@H](OC(=O)c3cccc(O)c3)C[C@H](C3CCCCC3)C[C@]12C. The third-order valence-corrected chi connectivity index (χ3v) is 9.95. The molecule has 190 valence electrons. The molecule has 0 spiro atoms. The van der Waals surface area contributed by atoms with Gasteiger partial charge in [0.1, 0.15) is 11.9 Å². The second-order valence-corrected chi connectivity index (χ2v) is 12.7. The molecule has 0 amide bonds. The lowest BCUT2D eigenvalue weighted by molar-refractivity contribution is -0.0784. The standard InChI is InChI=1S/C31H48O3/c1-21(2)10-8-11-22(3)27-16-17-28-29(34-30(33)24-14-9-15-26(32)18-24)19-25(20-31(27,28)4)23-12-6-5-7-13-23/h9,14-15,18,21-23,25,27-29,32H,5-8,10-13,16-17,19-20H2,1-4H3/t22-,25+,27-,28+,29+,31-/m1/s1. The van der Waals surface area contributed by atoms with Crippen molar-refractivity contribution in [3.63, 3.8) is 0 Å². The normalized spacial score (nSPS) is 33.0. The zero-order valence-electron chi connectivity index (χ0n) is 22.1. The van der Waals surface area contributed by atoms with Crippen LogP contribution in [0.2, 0.25) is 0 Å². The van der Waals surface area contributed by atoms with Gasteiger partial charge in [-0.15, -0.1) is 0 Å². The predicted molar refractivity (Wildman–Crippen MR) is 139 cm³/mol. The number of carbonyl (C=O) groups is 1. The van der Waals surface area contributed by atoms with Gasteiger partial charge in [-0.3, -0.25) is 0 Å². The molecule has 1 aromatic carbocycles. The molecule has 0 aliphatic heterocycles. The Bertz CT molecular complexity index is 811. The lowest BCUT2D eigenvalue weighted by atomic mass is 9.56. The highest BCUT2D eigenvalue weighted by Crippen LogP contribution is 2.61. The lowest BCUT2D eigenvalue weighted by Gasteiger charge is -2.51. The van der Waals surface area contributed by atoms with Gasteiger partial charge < -0.3 is 9.84 Å². The molecule has 3 heteroatoms. The van der Waals surface area contributed by atoms with Gasteiger partial charge in [-0.25, -0.2) is 4.79 Å². The van der Waals surface area contributed by atoms with Crippen molar-refractivity contribution in [2.24, 2.45) is 40.9 Å².